The number of hydrogen-bond donors (Lipinski definition) is 1. The minimum Gasteiger partial charge on any atom is -0.348 e. The maximum atomic E-state index is 5.04. The zero-order valence-electron chi connectivity index (χ0n) is 13.7. The van der Waals surface area contributed by atoms with Crippen molar-refractivity contribution < 1.29 is 0 Å². The van der Waals surface area contributed by atoms with Gasteiger partial charge in [0.1, 0.15) is 0 Å². The van der Waals surface area contributed by atoms with Gasteiger partial charge in [-0.3, -0.25) is 0 Å². The van der Waals surface area contributed by atoms with Crippen LogP contribution in [0.1, 0.15) is 69.4 Å². The Balaban J connectivity index is 1.74. The molecule has 1 N–H and O–H groups in total. The van der Waals surface area contributed by atoms with Crippen molar-refractivity contribution in [3.8, 4) is 0 Å². The predicted octanol–water partition coefficient (Wildman–Crippen LogP) is 4.15. The van der Waals surface area contributed by atoms with Crippen LogP contribution in [0.5, 0.6) is 0 Å². The third-order valence-corrected chi connectivity index (χ3v) is 5.70. The van der Waals surface area contributed by atoms with Gasteiger partial charge in [0, 0.05) is 30.4 Å². The van der Waals surface area contributed by atoms with Crippen molar-refractivity contribution in [2.45, 2.75) is 65.3 Å². The lowest BCUT2D eigenvalue weighted by molar-refractivity contribution is 0.293. The molecule has 1 saturated carbocycles. The standard InChI is InChI=1S/C17H29N3S/c1-4-9-18-11-14-15(13-6-7-13)19-16(21-14)20-10-5-8-17(2,3)12-20/h13,18H,4-12H2,1-3H3. The molecule has 4 heteroatoms. The summed E-state index contributed by atoms with van der Waals surface area (Å²) in [6.45, 7) is 11.5. The van der Waals surface area contributed by atoms with Gasteiger partial charge in [-0.15, -0.1) is 11.3 Å². The molecule has 2 aliphatic rings. The van der Waals surface area contributed by atoms with E-state index in [2.05, 4.69) is 31.0 Å². The lowest BCUT2D eigenvalue weighted by atomic mass is 9.84. The first-order valence-electron chi connectivity index (χ1n) is 8.54. The molecule has 0 aromatic carbocycles. The Kier molecular flexibility index (Phi) is 4.55. The number of nitrogens with zero attached hydrogens (tertiary/aromatic N) is 2. The van der Waals surface area contributed by atoms with Crippen LogP contribution in [0.4, 0.5) is 5.13 Å². The van der Waals surface area contributed by atoms with Crippen molar-refractivity contribution >= 4 is 16.5 Å². The second-order valence-electron chi connectivity index (χ2n) is 7.45. The highest BCUT2D eigenvalue weighted by atomic mass is 32.1. The summed E-state index contributed by atoms with van der Waals surface area (Å²) in [4.78, 5) is 9.07. The first-order valence-corrected chi connectivity index (χ1v) is 9.36. The Labute approximate surface area is 133 Å². The molecular weight excluding hydrogens is 278 g/mol. The maximum Gasteiger partial charge on any atom is 0.185 e. The zero-order chi connectivity index (χ0) is 14.9. The van der Waals surface area contributed by atoms with E-state index in [0.717, 1.165) is 25.6 Å². The molecule has 1 saturated heterocycles. The van der Waals surface area contributed by atoms with Crippen LogP contribution in [0.15, 0.2) is 0 Å². The molecule has 3 rings (SSSR count). The van der Waals surface area contributed by atoms with E-state index in [1.165, 1.54) is 54.4 Å². The Morgan fingerprint density at radius 1 is 1.38 bits per heavy atom. The molecule has 0 amide bonds. The van der Waals surface area contributed by atoms with Crippen molar-refractivity contribution in [1.82, 2.24) is 10.3 Å². The summed E-state index contributed by atoms with van der Waals surface area (Å²) in [6, 6.07) is 0. The van der Waals surface area contributed by atoms with E-state index >= 15 is 0 Å². The molecule has 1 aromatic rings. The zero-order valence-corrected chi connectivity index (χ0v) is 14.6. The second-order valence-corrected chi connectivity index (χ2v) is 8.51. The van der Waals surface area contributed by atoms with Gasteiger partial charge in [-0.25, -0.2) is 4.98 Å². The average molecular weight is 308 g/mol. The fourth-order valence-corrected chi connectivity index (χ4v) is 4.39. The number of anilines is 1. The minimum absolute atomic E-state index is 0.435. The van der Waals surface area contributed by atoms with Gasteiger partial charge in [-0.2, -0.15) is 0 Å². The average Bonchev–Trinajstić information content (AvgIpc) is 3.19. The van der Waals surface area contributed by atoms with Gasteiger partial charge in [-0.05, 0) is 44.1 Å². The third-order valence-electron chi connectivity index (χ3n) is 4.56. The SMILES string of the molecule is CCCNCc1sc(N2CCCC(C)(C)C2)nc1C1CC1. The molecule has 1 aliphatic carbocycles. The highest BCUT2D eigenvalue weighted by Gasteiger charge is 2.32. The summed E-state index contributed by atoms with van der Waals surface area (Å²) in [6.07, 6.45) is 6.53. The summed E-state index contributed by atoms with van der Waals surface area (Å²) in [5.41, 5.74) is 1.84. The fourth-order valence-electron chi connectivity index (χ4n) is 3.25. The fraction of sp³-hybridized carbons (Fsp3) is 0.824. The van der Waals surface area contributed by atoms with Gasteiger partial charge < -0.3 is 10.2 Å². The first-order chi connectivity index (χ1) is 10.1. The van der Waals surface area contributed by atoms with E-state index in [4.69, 9.17) is 4.98 Å². The van der Waals surface area contributed by atoms with Crippen LogP contribution in [0, 0.1) is 5.41 Å². The number of piperidine rings is 1. The first kappa shape index (κ1) is 15.3. The van der Waals surface area contributed by atoms with Crippen LogP contribution in [0.25, 0.3) is 0 Å². The molecule has 0 atom stereocenters. The van der Waals surface area contributed by atoms with Crippen molar-refractivity contribution in [3.05, 3.63) is 10.6 Å². The van der Waals surface area contributed by atoms with E-state index < -0.39 is 0 Å². The normalized spacial score (nSPS) is 21.8. The summed E-state index contributed by atoms with van der Waals surface area (Å²) < 4.78 is 0. The maximum absolute atomic E-state index is 5.04. The Morgan fingerprint density at radius 2 is 2.19 bits per heavy atom. The molecular formula is C17H29N3S. The Hall–Kier alpha value is -0.610. The van der Waals surface area contributed by atoms with E-state index in [0.29, 0.717) is 5.41 Å². The smallest absolute Gasteiger partial charge is 0.185 e. The van der Waals surface area contributed by atoms with Crippen molar-refractivity contribution in [3.63, 3.8) is 0 Å². The molecule has 1 aromatic heterocycles. The van der Waals surface area contributed by atoms with Gasteiger partial charge >= 0.3 is 0 Å². The van der Waals surface area contributed by atoms with Crippen LogP contribution in [0.3, 0.4) is 0 Å². The minimum atomic E-state index is 0.435. The predicted molar refractivity (Wildman–Crippen MR) is 91.3 cm³/mol. The van der Waals surface area contributed by atoms with E-state index in [-0.39, 0.29) is 0 Å². The van der Waals surface area contributed by atoms with Crippen molar-refractivity contribution in [1.29, 1.82) is 0 Å². The molecule has 0 bridgehead atoms. The van der Waals surface area contributed by atoms with Gasteiger partial charge in [0.05, 0.1) is 5.69 Å². The van der Waals surface area contributed by atoms with Crippen LogP contribution >= 0.6 is 11.3 Å². The quantitative estimate of drug-likeness (QED) is 0.800. The van der Waals surface area contributed by atoms with Crippen LogP contribution in [-0.4, -0.2) is 24.6 Å². The number of thiazole rings is 1. The monoisotopic (exact) mass is 307 g/mol. The summed E-state index contributed by atoms with van der Waals surface area (Å²) in [5, 5.41) is 4.83. The molecule has 1 aliphatic heterocycles. The van der Waals surface area contributed by atoms with Gasteiger partial charge in [0.15, 0.2) is 5.13 Å². The molecule has 2 heterocycles. The lowest BCUT2D eigenvalue weighted by Gasteiger charge is -2.37. The molecule has 0 unspecified atom stereocenters. The van der Waals surface area contributed by atoms with Crippen LogP contribution in [0.2, 0.25) is 0 Å². The summed E-state index contributed by atoms with van der Waals surface area (Å²) in [7, 11) is 0. The lowest BCUT2D eigenvalue weighted by Crippen LogP contribution is -2.40. The van der Waals surface area contributed by atoms with Gasteiger partial charge in [0.25, 0.3) is 0 Å². The number of aromatic nitrogens is 1. The topological polar surface area (TPSA) is 28.2 Å². The highest BCUT2D eigenvalue weighted by molar-refractivity contribution is 7.15. The van der Waals surface area contributed by atoms with Crippen molar-refractivity contribution in [2.75, 3.05) is 24.5 Å². The second kappa shape index (κ2) is 6.25. The Morgan fingerprint density at radius 3 is 2.86 bits per heavy atom. The highest BCUT2D eigenvalue weighted by Crippen LogP contribution is 2.45. The Bertz CT molecular complexity index is 476. The summed E-state index contributed by atoms with van der Waals surface area (Å²) in [5.74, 6) is 0.756. The van der Waals surface area contributed by atoms with E-state index in [1.54, 1.807) is 0 Å². The number of rotatable bonds is 6. The summed E-state index contributed by atoms with van der Waals surface area (Å²) >= 11 is 1.94. The largest absolute Gasteiger partial charge is 0.348 e. The van der Waals surface area contributed by atoms with Gasteiger partial charge in [-0.1, -0.05) is 20.8 Å². The molecule has 0 spiro atoms. The molecule has 2 fully saturated rings. The van der Waals surface area contributed by atoms with Crippen molar-refractivity contribution in [2.24, 2.45) is 5.41 Å². The van der Waals surface area contributed by atoms with Crippen LogP contribution in [-0.2, 0) is 6.54 Å². The molecule has 118 valence electrons. The number of hydrogen-bond acceptors (Lipinski definition) is 4. The van der Waals surface area contributed by atoms with Crippen LogP contribution < -0.4 is 10.2 Å². The number of nitrogens with one attached hydrogen (secondary N) is 1. The molecule has 0 radical (unpaired) electrons. The van der Waals surface area contributed by atoms with E-state index in [9.17, 15) is 0 Å². The van der Waals surface area contributed by atoms with Gasteiger partial charge in [0.2, 0.25) is 0 Å². The molecule has 21 heavy (non-hydrogen) atoms. The molecule has 3 nitrogen and oxygen atoms in total. The van der Waals surface area contributed by atoms with E-state index in [1.807, 2.05) is 11.3 Å². The third kappa shape index (κ3) is 3.78.